The summed E-state index contributed by atoms with van der Waals surface area (Å²) in [5.74, 6) is -2.21. The standard InChI is InChI=1S/C10H10F3NO4/c1-17-8(15)4-6-2-3-7(18-6)5-14-9(16)10(11,12)13/h2-3H,4-5H2,1H3,(H,14,16). The molecule has 100 valence electrons. The molecule has 1 aromatic heterocycles. The van der Waals surface area contributed by atoms with Crippen molar-refractivity contribution in [1.82, 2.24) is 5.32 Å². The van der Waals surface area contributed by atoms with Crippen molar-refractivity contribution in [1.29, 1.82) is 0 Å². The second-order valence-electron chi connectivity index (χ2n) is 3.30. The van der Waals surface area contributed by atoms with Crippen LogP contribution in [0.1, 0.15) is 11.5 Å². The molecule has 0 bridgehead atoms. The number of amides is 1. The molecule has 5 nitrogen and oxygen atoms in total. The Morgan fingerprint density at radius 2 is 1.94 bits per heavy atom. The number of hydrogen-bond acceptors (Lipinski definition) is 4. The molecule has 1 N–H and O–H groups in total. The van der Waals surface area contributed by atoms with E-state index in [1.54, 1.807) is 5.32 Å². The minimum Gasteiger partial charge on any atom is -0.469 e. The molecule has 0 aliphatic carbocycles. The molecule has 18 heavy (non-hydrogen) atoms. The maximum Gasteiger partial charge on any atom is 0.471 e. The number of hydrogen-bond donors (Lipinski definition) is 1. The molecule has 1 heterocycles. The first kappa shape index (κ1) is 14.1. The summed E-state index contributed by atoms with van der Waals surface area (Å²) in [5.41, 5.74) is 0. The van der Waals surface area contributed by atoms with E-state index in [1.165, 1.54) is 19.2 Å². The molecule has 0 fully saturated rings. The predicted molar refractivity (Wildman–Crippen MR) is 52.3 cm³/mol. The van der Waals surface area contributed by atoms with Gasteiger partial charge in [0.25, 0.3) is 0 Å². The van der Waals surface area contributed by atoms with Gasteiger partial charge in [-0.3, -0.25) is 9.59 Å². The molecule has 1 amide bonds. The summed E-state index contributed by atoms with van der Waals surface area (Å²) in [5, 5.41) is 1.65. The van der Waals surface area contributed by atoms with Crippen LogP contribution < -0.4 is 5.32 Å². The molecule has 0 spiro atoms. The second-order valence-corrected chi connectivity index (χ2v) is 3.30. The second kappa shape index (κ2) is 5.56. The van der Waals surface area contributed by atoms with Gasteiger partial charge >= 0.3 is 18.1 Å². The number of nitrogens with one attached hydrogen (secondary N) is 1. The van der Waals surface area contributed by atoms with Crippen LogP contribution >= 0.6 is 0 Å². The molecule has 0 aliphatic rings. The Morgan fingerprint density at radius 3 is 2.50 bits per heavy atom. The Bertz CT molecular complexity index is 439. The average molecular weight is 265 g/mol. The number of methoxy groups -OCH3 is 1. The van der Waals surface area contributed by atoms with E-state index in [-0.39, 0.29) is 17.9 Å². The number of esters is 1. The Labute approximate surface area is 99.9 Å². The molecule has 0 saturated carbocycles. The molecular formula is C10H10F3NO4. The van der Waals surface area contributed by atoms with Crippen LogP contribution in [0, 0.1) is 0 Å². The van der Waals surface area contributed by atoms with E-state index in [2.05, 4.69) is 4.74 Å². The summed E-state index contributed by atoms with van der Waals surface area (Å²) in [6, 6.07) is 2.79. The first-order valence-electron chi connectivity index (χ1n) is 4.82. The van der Waals surface area contributed by atoms with Crippen LogP contribution in [0.5, 0.6) is 0 Å². The van der Waals surface area contributed by atoms with Crippen molar-refractivity contribution in [2.75, 3.05) is 7.11 Å². The first-order valence-corrected chi connectivity index (χ1v) is 4.82. The fourth-order valence-corrected chi connectivity index (χ4v) is 1.09. The molecule has 0 aromatic carbocycles. The molecule has 0 radical (unpaired) electrons. The van der Waals surface area contributed by atoms with Crippen LogP contribution in [0.25, 0.3) is 0 Å². The summed E-state index contributed by atoms with van der Waals surface area (Å²) in [4.78, 5) is 21.4. The number of ether oxygens (including phenoxy) is 1. The Morgan fingerprint density at radius 1 is 1.33 bits per heavy atom. The molecule has 0 aliphatic heterocycles. The fraction of sp³-hybridized carbons (Fsp3) is 0.400. The van der Waals surface area contributed by atoms with Crippen molar-refractivity contribution in [3.63, 3.8) is 0 Å². The van der Waals surface area contributed by atoms with Crippen molar-refractivity contribution in [3.05, 3.63) is 23.7 Å². The lowest BCUT2D eigenvalue weighted by atomic mass is 10.3. The summed E-state index contributed by atoms with van der Waals surface area (Å²) < 4.78 is 45.0. The van der Waals surface area contributed by atoms with E-state index in [1.807, 2.05) is 0 Å². The molecule has 0 unspecified atom stereocenters. The molecule has 1 aromatic rings. The van der Waals surface area contributed by atoms with Crippen LogP contribution in [0.2, 0.25) is 0 Å². The Hall–Kier alpha value is -1.99. The van der Waals surface area contributed by atoms with Crippen LogP contribution in [-0.4, -0.2) is 25.2 Å². The van der Waals surface area contributed by atoms with Gasteiger partial charge in [-0.05, 0) is 12.1 Å². The highest BCUT2D eigenvalue weighted by Gasteiger charge is 2.38. The van der Waals surface area contributed by atoms with Crippen molar-refractivity contribution in [3.8, 4) is 0 Å². The van der Waals surface area contributed by atoms with E-state index in [0.29, 0.717) is 0 Å². The summed E-state index contributed by atoms with van der Waals surface area (Å²) in [6.07, 6.45) is -5.05. The van der Waals surface area contributed by atoms with Gasteiger partial charge in [0.05, 0.1) is 13.7 Å². The van der Waals surface area contributed by atoms with Crippen LogP contribution in [0.4, 0.5) is 13.2 Å². The lowest BCUT2D eigenvalue weighted by molar-refractivity contribution is -0.173. The van der Waals surface area contributed by atoms with Crippen molar-refractivity contribution < 1.29 is 31.9 Å². The van der Waals surface area contributed by atoms with Gasteiger partial charge in [0.2, 0.25) is 0 Å². The topological polar surface area (TPSA) is 68.5 Å². The summed E-state index contributed by atoms with van der Waals surface area (Å²) in [6.45, 7) is -0.403. The molecular weight excluding hydrogens is 255 g/mol. The van der Waals surface area contributed by atoms with Crippen molar-refractivity contribution in [2.45, 2.75) is 19.1 Å². The van der Waals surface area contributed by atoms with Gasteiger partial charge in [-0.15, -0.1) is 0 Å². The average Bonchev–Trinajstić information content (AvgIpc) is 2.72. The summed E-state index contributed by atoms with van der Waals surface area (Å²) >= 11 is 0. The normalized spacial score (nSPS) is 11.1. The van der Waals surface area contributed by atoms with E-state index in [4.69, 9.17) is 4.42 Å². The first-order chi connectivity index (χ1) is 8.32. The van der Waals surface area contributed by atoms with Crippen molar-refractivity contribution in [2.24, 2.45) is 0 Å². The van der Waals surface area contributed by atoms with E-state index < -0.39 is 24.6 Å². The number of carbonyl (C=O) groups is 2. The molecule has 0 saturated heterocycles. The van der Waals surface area contributed by atoms with E-state index in [9.17, 15) is 22.8 Å². The van der Waals surface area contributed by atoms with Gasteiger partial charge in [-0.2, -0.15) is 13.2 Å². The van der Waals surface area contributed by atoms with Gasteiger partial charge in [-0.25, -0.2) is 0 Å². The largest absolute Gasteiger partial charge is 0.471 e. The predicted octanol–water partition coefficient (Wildman–Crippen LogP) is 1.17. The third-order valence-electron chi connectivity index (χ3n) is 1.94. The van der Waals surface area contributed by atoms with Gasteiger partial charge < -0.3 is 14.5 Å². The molecule has 0 atom stereocenters. The zero-order valence-electron chi connectivity index (χ0n) is 9.34. The van der Waals surface area contributed by atoms with E-state index >= 15 is 0 Å². The SMILES string of the molecule is COC(=O)Cc1ccc(CNC(=O)C(F)(F)F)o1. The monoisotopic (exact) mass is 265 g/mol. The summed E-state index contributed by atoms with van der Waals surface area (Å²) in [7, 11) is 1.20. The fourth-order valence-electron chi connectivity index (χ4n) is 1.09. The highest BCUT2D eigenvalue weighted by molar-refractivity contribution is 5.81. The lowest BCUT2D eigenvalue weighted by Gasteiger charge is -2.05. The number of halogens is 3. The highest BCUT2D eigenvalue weighted by Crippen LogP contribution is 2.15. The maximum atomic E-state index is 11.9. The van der Waals surface area contributed by atoms with Gasteiger partial charge in [0.1, 0.15) is 17.9 Å². The lowest BCUT2D eigenvalue weighted by Crippen LogP contribution is -2.36. The molecule has 8 heteroatoms. The Kier molecular flexibility index (Phi) is 4.35. The number of alkyl halides is 3. The van der Waals surface area contributed by atoms with Crippen LogP contribution in [0.15, 0.2) is 16.5 Å². The molecule has 1 rings (SSSR count). The third-order valence-corrected chi connectivity index (χ3v) is 1.94. The third kappa shape index (κ3) is 4.11. The van der Waals surface area contributed by atoms with Gasteiger partial charge in [0, 0.05) is 0 Å². The minimum absolute atomic E-state index is 0.117. The van der Waals surface area contributed by atoms with Crippen molar-refractivity contribution >= 4 is 11.9 Å². The number of carbonyl (C=O) groups excluding carboxylic acids is 2. The van der Waals surface area contributed by atoms with Gasteiger partial charge in [-0.1, -0.05) is 0 Å². The van der Waals surface area contributed by atoms with Crippen LogP contribution in [-0.2, 0) is 27.3 Å². The maximum absolute atomic E-state index is 11.9. The van der Waals surface area contributed by atoms with Crippen LogP contribution in [0.3, 0.4) is 0 Å². The minimum atomic E-state index is -4.93. The van der Waals surface area contributed by atoms with E-state index in [0.717, 1.165) is 0 Å². The highest BCUT2D eigenvalue weighted by atomic mass is 19.4. The smallest absolute Gasteiger partial charge is 0.469 e. The number of furan rings is 1. The van der Waals surface area contributed by atoms with Gasteiger partial charge in [0.15, 0.2) is 0 Å². The quantitative estimate of drug-likeness (QED) is 0.830. The zero-order valence-corrected chi connectivity index (χ0v) is 9.34. The zero-order chi connectivity index (χ0) is 13.8. The Balaban J connectivity index is 2.50. The number of rotatable bonds is 4.